The van der Waals surface area contributed by atoms with E-state index >= 15 is 0 Å². The van der Waals surface area contributed by atoms with E-state index in [-0.39, 0.29) is 48.3 Å². The predicted molar refractivity (Wildman–Crippen MR) is 114 cm³/mol. The van der Waals surface area contributed by atoms with Gasteiger partial charge in [-0.15, -0.1) is 24.8 Å². The number of phenolic OH excluding ortho intramolecular Hbond substituents is 1. The number of aromatic hydroxyl groups is 1. The zero-order valence-corrected chi connectivity index (χ0v) is 17.5. The lowest BCUT2D eigenvalue weighted by Gasteiger charge is -2.37. The van der Waals surface area contributed by atoms with Gasteiger partial charge in [-0.25, -0.2) is 0 Å². The minimum atomic E-state index is -0.0144. The van der Waals surface area contributed by atoms with Crippen LogP contribution in [0.15, 0.2) is 36.7 Å². The summed E-state index contributed by atoms with van der Waals surface area (Å²) >= 11 is 0. The Morgan fingerprint density at radius 1 is 1.11 bits per heavy atom. The highest BCUT2D eigenvalue weighted by Gasteiger charge is 2.37. The van der Waals surface area contributed by atoms with Crippen molar-refractivity contribution in [1.29, 1.82) is 0 Å². The number of anilines is 1. The molecule has 2 fully saturated rings. The number of benzene rings is 1. The van der Waals surface area contributed by atoms with Crippen molar-refractivity contribution in [2.24, 2.45) is 13.0 Å². The lowest BCUT2D eigenvalue weighted by atomic mass is 9.89. The van der Waals surface area contributed by atoms with E-state index in [0.29, 0.717) is 0 Å². The number of halogens is 2. The highest BCUT2D eigenvalue weighted by Crippen LogP contribution is 2.30. The van der Waals surface area contributed by atoms with E-state index in [1.54, 1.807) is 16.8 Å². The summed E-state index contributed by atoms with van der Waals surface area (Å²) in [5, 5.41) is 17.1. The number of hydrogen-bond acceptors (Lipinski definition) is 5. The molecule has 2 N–H and O–H groups in total. The molecule has 1 aromatic carbocycles. The SMILES string of the molecule is Cl.Cl.Cn1cc([C@H]2CNC[C@@H]2C(=O)N2CCN(c3ccc(O)cc3)CC2)cn1. The molecular formula is C19H27Cl2N5O2. The second-order valence-corrected chi connectivity index (χ2v) is 7.15. The van der Waals surface area contributed by atoms with E-state index in [2.05, 4.69) is 15.3 Å². The summed E-state index contributed by atoms with van der Waals surface area (Å²) in [6.07, 6.45) is 3.89. The fourth-order valence-electron chi connectivity index (χ4n) is 4.00. The van der Waals surface area contributed by atoms with Gasteiger partial charge in [-0.1, -0.05) is 0 Å². The minimum absolute atomic E-state index is 0. The van der Waals surface area contributed by atoms with Crippen molar-refractivity contribution in [1.82, 2.24) is 20.0 Å². The van der Waals surface area contributed by atoms with Crippen LogP contribution in [-0.4, -0.2) is 65.0 Å². The molecule has 0 aliphatic carbocycles. The standard InChI is InChI=1S/C19H25N5O2.2ClH/c1-22-13-14(10-21-22)17-11-20-12-18(17)19(26)24-8-6-23(7-9-24)15-2-4-16(25)5-3-15;;/h2-5,10,13,17-18,20,25H,6-9,11-12H2,1H3;2*1H/t17-,18+;;/m1../s1. The molecule has 2 saturated heterocycles. The molecule has 28 heavy (non-hydrogen) atoms. The van der Waals surface area contributed by atoms with E-state index in [1.807, 2.05) is 36.5 Å². The number of phenols is 1. The number of carbonyl (C=O) groups is 1. The Hall–Kier alpha value is -1.96. The van der Waals surface area contributed by atoms with E-state index in [4.69, 9.17) is 0 Å². The molecule has 2 aromatic rings. The third-order valence-electron chi connectivity index (χ3n) is 5.49. The van der Waals surface area contributed by atoms with Gasteiger partial charge in [0.2, 0.25) is 5.91 Å². The van der Waals surface area contributed by atoms with Crippen LogP contribution in [0, 0.1) is 5.92 Å². The van der Waals surface area contributed by atoms with Crippen molar-refractivity contribution in [2.45, 2.75) is 5.92 Å². The van der Waals surface area contributed by atoms with Gasteiger partial charge in [-0.3, -0.25) is 9.48 Å². The van der Waals surface area contributed by atoms with Crippen LogP contribution in [0.3, 0.4) is 0 Å². The van der Waals surface area contributed by atoms with Gasteiger partial charge in [0.15, 0.2) is 0 Å². The number of nitrogens with one attached hydrogen (secondary N) is 1. The van der Waals surface area contributed by atoms with Crippen molar-refractivity contribution >= 4 is 36.4 Å². The van der Waals surface area contributed by atoms with Crippen LogP contribution >= 0.6 is 24.8 Å². The molecule has 2 aliphatic rings. The molecule has 0 bridgehead atoms. The summed E-state index contributed by atoms with van der Waals surface area (Å²) in [6, 6.07) is 7.25. The third-order valence-corrected chi connectivity index (χ3v) is 5.49. The van der Waals surface area contributed by atoms with E-state index in [1.165, 1.54) is 0 Å². The maximum Gasteiger partial charge on any atom is 0.227 e. The van der Waals surface area contributed by atoms with E-state index in [0.717, 1.165) is 50.5 Å². The van der Waals surface area contributed by atoms with Crippen molar-refractivity contribution in [2.75, 3.05) is 44.2 Å². The largest absolute Gasteiger partial charge is 0.508 e. The first-order chi connectivity index (χ1) is 12.6. The number of amides is 1. The molecule has 1 aromatic heterocycles. The maximum absolute atomic E-state index is 13.1. The number of rotatable bonds is 3. The average Bonchev–Trinajstić information content (AvgIpc) is 3.30. The molecule has 1 amide bonds. The summed E-state index contributed by atoms with van der Waals surface area (Å²) in [5.74, 6) is 0.706. The Balaban J connectivity index is 0.00000140. The molecule has 0 radical (unpaired) electrons. The summed E-state index contributed by atoms with van der Waals surface area (Å²) in [6.45, 7) is 4.65. The monoisotopic (exact) mass is 427 g/mol. The van der Waals surface area contributed by atoms with Gasteiger partial charge in [-0.2, -0.15) is 5.10 Å². The second-order valence-electron chi connectivity index (χ2n) is 7.15. The van der Waals surface area contributed by atoms with Crippen molar-refractivity contribution in [3.05, 3.63) is 42.2 Å². The Morgan fingerprint density at radius 3 is 2.39 bits per heavy atom. The van der Waals surface area contributed by atoms with Gasteiger partial charge in [0.25, 0.3) is 0 Å². The molecule has 7 nitrogen and oxygen atoms in total. The number of nitrogens with zero attached hydrogens (tertiary/aromatic N) is 4. The second kappa shape index (κ2) is 9.49. The number of aromatic nitrogens is 2. The fraction of sp³-hybridized carbons (Fsp3) is 0.474. The summed E-state index contributed by atoms with van der Waals surface area (Å²) in [5.41, 5.74) is 2.23. The molecule has 0 saturated carbocycles. The average molecular weight is 428 g/mol. The Morgan fingerprint density at radius 2 is 1.79 bits per heavy atom. The van der Waals surface area contributed by atoms with Crippen molar-refractivity contribution in [3.63, 3.8) is 0 Å². The van der Waals surface area contributed by atoms with Gasteiger partial charge >= 0.3 is 0 Å². The zero-order valence-electron chi connectivity index (χ0n) is 15.8. The molecule has 154 valence electrons. The first kappa shape index (κ1) is 22.3. The minimum Gasteiger partial charge on any atom is -0.508 e. The Kier molecular flexibility index (Phi) is 7.57. The normalized spacial score (nSPS) is 21.8. The number of aryl methyl sites for hydroxylation is 1. The van der Waals surface area contributed by atoms with Crippen LogP contribution < -0.4 is 10.2 Å². The molecule has 4 rings (SSSR count). The van der Waals surface area contributed by atoms with Crippen molar-refractivity contribution < 1.29 is 9.90 Å². The summed E-state index contributed by atoms with van der Waals surface area (Å²) in [7, 11) is 1.91. The fourth-order valence-corrected chi connectivity index (χ4v) is 4.00. The first-order valence-electron chi connectivity index (χ1n) is 9.14. The van der Waals surface area contributed by atoms with E-state index in [9.17, 15) is 9.90 Å². The highest BCUT2D eigenvalue weighted by molar-refractivity contribution is 5.85. The zero-order chi connectivity index (χ0) is 18.1. The first-order valence-corrected chi connectivity index (χ1v) is 9.14. The molecule has 9 heteroatoms. The van der Waals surface area contributed by atoms with Crippen LogP contribution in [0.25, 0.3) is 0 Å². The van der Waals surface area contributed by atoms with Crippen LogP contribution in [-0.2, 0) is 11.8 Å². The molecule has 2 aliphatic heterocycles. The van der Waals surface area contributed by atoms with Crippen molar-refractivity contribution in [3.8, 4) is 5.75 Å². The topological polar surface area (TPSA) is 73.6 Å². The molecule has 3 heterocycles. The van der Waals surface area contributed by atoms with Crippen LogP contribution in [0.5, 0.6) is 5.75 Å². The van der Waals surface area contributed by atoms with Crippen LogP contribution in [0.1, 0.15) is 11.5 Å². The lowest BCUT2D eigenvalue weighted by molar-refractivity contribution is -0.135. The molecular weight excluding hydrogens is 401 g/mol. The quantitative estimate of drug-likeness (QED) is 0.778. The third kappa shape index (κ3) is 4.54. The number of piperazine rings is 1. The Labute approximate surface area is 177 Å². The molecule has 0 unspecified atom stereocenters. The predicted octanol–water partition coefficient (Wildman–Crippen LogP) is 1.62. The van der Waals surface area contributed by atoms with Gasteiger partial charge < -0.3 is 20.2 Å². The van der Waals surface area contributed by atoms with Gasteiger partial charge in [0.05, 0.1) is 12.1 Å². The Bertz CT molecular complexity index is 775. The highest BCUT2D eigenvalue weighted by atomic mass is 35.5. The lowest BCUT2D eigenvalue weighted by Crippen LogP contribution is -2.51. The molecule has 2 atom stereocenters. The van der Waals surface area contributed by atoms with Gasteiger partial charge in [0, 0.05) is 64.1 Å². The van der Waals surface area contributed by atoms with Crippen LogP contribution in [0.4, 0.5) is 5.69 Å². The van der Waals surface area contributed by atoms with E-state index < -0.39 is 0 Å². The van der Waals surface area contributed by atoms with Gasteiger partial charge in [-0.05, 0) is 29.8 Å². The smallest absolute Gasteiger partial charge is 0.227 e. The summed E-state index contributed by atoms with van der Waals surface area (Å²) in [4.78, 5) is 17.3. The summed E-state index contributed by atoms with van der Waals surface area (Å²) < 4.78 is 1.80. The molecule has 0 spiro atoms. The number of carbonyl (C=O) groups excluding carboxylic acids is 1. The van der Waals surface area contributed by atoms with Crippen LogP contribution in [0.2, 0.25) is 0 Å². The number of hydrogen-bond donors (Lipinski definition) is 2. The van der Waals surface area contributed by atoms with Gasteiger partial charge in [0.1, 0.15) is 5.75 Å². The maximum atomic E-state index is 13.1.